The van der Waals surface area contributed by atoms with Gasteiger partial charge >= 0.3 is 0 Å². The molecular formula is C23H24N2O2S2. The summed E-state index contributed by atoms with van der Waals surface area (Å²) in [5.41, 5.74) is 2.04. The molecule has 2 unspecified atom stereocenters. The molecule has 29 heavy (non-hydrogen) atoms. The minimum absolute atomic E-state index is 0.0130. The van der Waals surface area contributed by atoms with Gasteiger partial charge in [0.25, 0.3) is 5.56 Å². The zero-order valence-corrected chi connectivity index (χ0v) is 18.2. The summed E-state index contributed by atoms with van der Waals surface area (Å²) in [5, 5.41) is 1.35. The second-order valence-corrected chi connectivity index (χ2v) is 10.5. The van der Waals surface area contributed by atoms with Gasteiger partial charge in [0.15, 0.2) is 5.16 Å². The van der Waals surface area contributed by atoms with Crippen molar-refractivity contribution in [3.8, 4) is 5.69 Å². The minimum Gasteiger partial charge on any atom is -0.298 e. The van der Waals surface area contributed by atoms with Gasteiger partial charge in [-0.3, -0.25) is 14.2 Å². The van der Waals surface area contributed by atoms with E-state index in [1.165, 1.54) is 22.2 Å². The Morgan fingerprint density at radius 1 is 1.10 bits per heavy atom. The van der Waals surface area contributed by atoms with E-state index in [0.29, 0.717) is 17.5 Å². The van der Waals surface area contributed by atoms with Crippen molar-refractivity contribution in [3.63, 3.8) is 0 Å². The number of hydrogen-bond donors (Lipinski definition) is 0. The van der Waals surface area contributed by atoms with Gasteiger partial charge < -0.3 is 0 Å². The number of thiophene rings is 1. The number of aryl methyl sites for hydroxylation is 1. The molecule has 2 heterocycles. The number of rotatable bonds is 3. The molecule has 2 aliphatic carbocycles. The van der Waals surface area contributed by atoms with Crippen LogP contribution in [-0.2, 0) is 17.6 Å². The number of ketones is 1. The lowest BCUT2D eigenvalue weighted by molar-refractivity contribution is -0.119. The Morgan fingerprint density at radius 3 is 2.72 bits per heavy atom. The minimum atomic E-state index is -0.0994. The highest BCUT2D eigenvalue weighted by Crippen LogP contribution is 2.38. The van der Waals surface area contributed by atoms with Crippen molar-refractivity contribution >= 4 is 39.1 Å². The normalized spacial score (nSPS) is 22.0. The van der Waals surface area contributed by atoms with Gasteiger partial charge in [-0.25, -0.2) is 4.98 Å². The van der Waals surface area contributed by atoms with Gasteiger partial charge in [0.2, 0.25) is 0 Å². The fourth-order valence-electron chi connectivity index (χ4n) is 4.46. The third-order valence-electron chi connectivity index (χ3n) is 6.06. The van der Waals surface area contributed by atoms with Crippen LogP contribution < -0.4 is 5.56 Å². The van der Waals surface area contributed by atoms with E-state index in [1.54, 1.807) is 15.9 Å². The predicted octanol–water partition coefficient (Wildman–Crippen LogP) is 5.18. The van der Waals surface area contributed by atoms with Crippen molar-refractivity contribution in [2.75, 3.05) is 0 Å². The van der Waals surface area contributed by atoms with Crippen molar-refractivity contribution < 1.29 is 4.79 Å². The molecule has 1 saturated carbocycles. The fourth-order valence-corrected chi connectivity index (χ4v) is 7.11. The first-order valence-electron chi connectivity index (χ1n) is 10.4. The molecule has 3 aromatic rings. The molecular weight excluding hydrogens is 400 g/mol. The number of benzene rings is 1. The summed E-state index contributed by atoms with van der Waals surface area (Å²) in [6.45, 7) is 2.28. The third-order valence-corrected chi connectivity index (χ3v) is 8.48. The van der Waals surface area contributed by atoms with Crippen molar-refractivity contribution in [2.24, 2.45) is 5.92 Å². The summed E-state index contributed by atoms with van der Waals surface area (Å²) >= 11 is 3.15. The zero-order valence-electron chi connectivity index (χ0n) is 16.5. The van der Waals surface area contributed by atoms with Crippen LogP contribution in [0.2, 0.25) is 0 Å². The molecule has 6 heteroatoms. The fraction of sp³-hybridized carbons (Fsp3) is 0.435. The highest BCUT2D eigenvalue weighted by molar-refractivity contribution is 8.00. The first-order chi connectivity index (χ1) is 14.1. The Hall–Kier alpha value is -1.92. The van der Waals surface area contributed by atoms with E-state index >= 15 is 0 Å². The van der Waals surface area contributed by atoms with Crippen LogP contribution in [0.5, 0.6) is 0 Å². The first-order valence-corrected chi connectivity index (χ1v) is 12.1. The summed E-state index contributed by atoms with van der Waals surface area (Å²) in [7, 11) is 0. The largest absolute Gasteiger partial charge is 0.298 e. The number of carbonyl (C=O) groups is 1. The SMILES string of the molecule is CC1CCc2c(sc3nc(SC4CCCCC4=O)n(-c4ccccc4)c(=O)c23)C1. The number of aromatic nitrogens is 2. The highest BCUT2D eigenvalue weighted by Gasteiger charge is 2.28. The number of nitrogens with zero attached hydrogens (tertiary/aromatic N) is 2. The smallest absolute Gasteiger partial charge is 0.267 e. The lowest BCUT2D eigenvalue weighted by Gasteiger charge is -2.21. The van der Waals surface area contributed by atoms with E-state index in [4.69, 9.17) is 4.98 Å². The summed E-state index contributed by atoms with van der Waals surface area (Å²) in [6.07, 6.45) is 6.65. The molecule has 0 amide bonds. The summed E-state index contributed by atoms with van der Waals surface area (Å²) in [4.78, 5) is 33.3. The zero-order chi connectivity index (χ0) is 20.0. The first kappa shape index (κ1) is 19.1. The maximum absolute atomic E-state index is 13.7. The molecule has 150 valence electrons. The van der Waals surface area contributed by atoms with E-state index in [-0.39, 0.29) is 16.6 Å². The van der Waals surface area contributed by atoms with Crippen LogP contribution in [0.25, 0.3) is 15.9 Å². The molecule has 0 N–H and O–H groups in total. The summed E-state index contributed by atoms with van der Waals surface area (Å²) < 4.78 is 1.74. The van der Waals surface area contributed by atoms with Crippen molar-refractivity contribution in [1.82, 2.24) is 9.55 Å². The standard InChI is InChI=1S/C23H24N2O2S2/c1-14-11-12-16-19(13-14)28-21-20(16)22(27)25(15-7-3-2-4-8-15)23(24-21)29-18-10-6-5-9-17(18)26/h2-4,7-8,14,18H,5-6,9-13H2,1H3. The van der Waals surface area contributed by atoms with Crippen LogP contribution in [-0.4, -0.2) is 20.6 Å². The lowest BCUT2D eigenvalue weighted by Crippen LogP contribution is -2.26. The Kier molecular flexibility index (Phi) is 5.08. The molecule has 1 fully saturated rings. The number of Topliss-reactive ketones (excluding diaryl/α,β-unsaturated/α-hetero) is 1. The number of fused-ring (bicyclic) bond motifs is 3. The Morgan fingerprint density at radius 2 is 1.93 bits per heavy atom. The molecule has 0 spiro atoms. The molecule has 4 nitrogen and oxygen atoms in total. The number of para-hydroxylation sites is 1. The van der Waals surface area contributed by atoms with Crippen molar-refractivity contribution in [1.29, 1.82) is 0 Å². The maximum Gasteiger partial charge on any atom is 0.267 e. The second kappa shape index (κ2) is 7.73. The number of hydrogen-bond acceptors (Lipinski definition) is 5. The topological polar surface area (TPSA) is 52.0 Å². The van der Waals surface area contributed by atoms with Crippen LogP contribution in [0.1, 0.15) is 49.5 Å². The predicted molar refractivity (Wildman–Crippen MR) is 120 cm³/mol. The molecule has 0 aliphatic heterocycles. The molecule has 2 aliphatic rings. The lowest BCUT2D eigenvalue weighted by atomic mass is 9.89. The summed E-state index contributed by atoms with van der Waals surface area (Å²) in [6, 6.07) is 9.73. The molecule has 1 aromatic carbocycles. The van der Waals surface area contributed by atoms with Crippen LogP contribution in [0.15, 0.2) is 40.3 Å². The highest BCUT2D eigenvalue weighted by atomic mass is 32.2. The quantitative estimate of drug-likeness (QED) is 0.544. The number of carbonyl (C=O) groups excluding carboxylic acids is 1. The van der Waals surface area contributed by atoms with Gasteiger partial charge in [-0.05, 0) is 55.7 Å². The van der Waals surface area contributed by atoms with E-state index < -0.39 is 0 Å². The van der Waals surface area contributed by atoms with Gasteiger partial charge in [0.1, 0.15) is 10.6 Å². The van der Waals surface area contributed by atoms with E-state index in [1.807, 2.05) is 30.3 Å². The van der Waals surface area contributed by atoms with Crippen molar-refractivity contribution in [2.45, 2.75) is 62.3 Å². The molecule has 0 radical (unpaired) electrons. The van der Waals surface area contributed by atoms with Crippen molar-refractivity contribution in [3.05, 3.63) is 51.1 Å². The van der Waals surface area contributed by atoms with Crippen LogP contribution >= 0.6 is 23.1 Å². The monoisotopic (exact) mass is 424 g/mol. The average Bonchev–Trinajstić information content (AvgIpc) is 3.08. The van der Waals surface area contributed by atoms with E-state index in [2.05, 4.69) is 6.92 Å². The average molecular weight is 425 g/mol. The molecule has 0 bridgehead atoms. The van der Waals surface area contributed by atoms with Gasteiger partial charge in [-0.1, -0.05) is 43.3 Å². The molecule has 2 aromatic heterocycles. The summed E-state index contributed by atoms with van der Waals surface area (Å²) in [5.74, 6) is 0.940. The van der Waals surface area contributed by atoms with Gasteiger partial charge in [0, 0.05) is 11.3 Å². The Labute approximate surface area is 178 Å². The van der Waals surface area contributed by atoms with Crippen LogP contribution in [0.3, 0.4) is 0 Å². The van der Waals surface area contributed by atoms with Crippen LogP contribution in [0.4, 0.5) is 0 Å². The second-order valence-electron chi connectivity index (χ2n) is 8.22. The molecule has 2 atom stereocenters. The third kappa shape index (κ3) is 3.46. The maximum atomic E-state index is 13.7. The van der Waals surface area contributed by atoms with E-state index in [0.717, 1.165) is 54.4 Å². The van der Waals surface area contributed by atoms with Gasteiger partial charge in [0.05, 0.1) is 16.3 Å². The molecule has 5 rings (SSSR count). The number of thioether (sulfide) groups is 1. The van der Waals surface area contributed by atoms with Crippen LogP contribution in [0, 0.1) is 5.92 Å². The van der Waals surface area contributed by atoms with E-state index in [9.17, 15) is 9.59 Å². The van der Waals surface area contributed by atoms with Gasteiger partial charge in [-0.2, -0.15) is 0 Å². The van der Waals surface area contributed by atoms with Gasteiger partial charge in [-0.15, -0.1) is 11.3 Å². The Bertz CT molecular complexity index is 1130. The molecule has 0 saturated heterocycles. The Balaban J connectivity index is 1.70.